The van der Waals surface area contributed by atoms with E-state index in [9.17, 15) is 4.39 Å². The van der Waals surface area contributed by atoms with Crippen LogP contribution in [0.15, 0.2) is 18.2 Å². The number of hydrogen-bond acceptors (Lipinski definition) is 2. The van der Waals surface area contributed by atoms with Crippen LogP contribution in [0.4, 0.5) is 4.39 Å². The molecule has 2 rings (SSSR count). The minimum absolute atomic E-state index is 0.199. The van der Waals surface area contributed by atoms with E-state index in [1.54, 1.807) is 18.2 Å². The Hall–Kier alpha value is -0.640. The highest BCUT2D eigenvalue weighted by Crippen LogP contribution is 2.26. The molecule has 0 aromatic heterocycles. The highest BCUT2D eigenvalue weighted by Gasteiger charge is 2.28. The van der Waals surface area contributed by atoms with Gasteiger partial charge >= 0.3 is 0 Å². The normalized spacial score (nSPS) is 25.4. The van der Waals surface area contributed by atoms with Gasteiger partial charge in [0.25, 0.3) is 0 Å². The van der Waals surface area contributed by atoms with Gasteiger partial charge in [0.1, 0.15) is 5.82 Å². The SMILES string of the molecule is CC1CC(CN)CN1Cc1cccc(Cl)c1F. The molecule has 94 valence electrons. The third-order valence-electron chi connectivity index (χ3n) is 3.53. The maximum atomic E-state index is 13.8. The summed E-state index contributed by atoms with van der Waals surface area (Å²) in [5, 5.41) is 0.199. The summed E-state index contributed by atoms with van der Waals surface area (Å²) in [6.45, 7) is 4.44. The average molecular weight is 257 g/mol. The summed E-state index contributed by atoms with van der Waals surface area (Å²) in [4.78, 5) is 2.27. The van der Waals surface area contributed by atoms with Crippen molar-refractivity contribution in [3.05, 3.63) is 34.6 Å². The van der Waals surface area contributed by atoms with Crippen molar-refractivity contribution < 1.29 is 4.39 Å². The molecule has 17 heavy (non-hydrogen) atoms. The number of hydrogen-bond donors (Lipinski definition) is 1. The van der Waals surface area contributed by atoms with E-state index in [1.807, 2.05) is 0 Å². The Bertz CT molecular complexity index is 397. The number of halogens is 2. The fourth-order valence-electron chi connectivity index (χ4n) is 2.50. The quantitative estimate of drug-likeness (QED) is 0.901. The van der Waals surface area contributed by atoms with Crippen molar-refractivity contribution >= 4 is 11.6 Å². The van der Waals surface area contributed by atoms with Gasteiger partial charge in [-0.2, -0.15) is 0 Å². The molecule has 2 atom stereocenters. The molecule has 0 spiro atoms. The molecule has 2 N–H and O–H groups in total. The van der Waals surface area contributed by atoms with Gasteiger partial charge in [-0.1, -0.05) is 23.7 Å². The molecule has 1 aliphatic heterocycles. The van der Waals surface area contributed by atoms with E-state index in [-0.39, 0.29) is 10.8 Å². The van der Waals surface area contributed by atoms with E-state index >= 15 is 0 Å². The first kappa shape index (κ1) is 12.8. The fraction of sp³-hybridized carbons (Fsp3) is 0.538. The maximum absolute atomic E-state index is 13.8. The number of nitrogens with two attached hydrogens (primary N) is 1. The van der Waals surface area contributed by atoms with Gasteiger partial charge in [0.2, 0.25) is 0 Å². The van der Waals surface area contributed by atoms with Crippen molar-refractivity contribution in [3.63, 3.8) is 0 Å². The molecule has 2 nitrogen and oxygen atoms in total. The van der Waals surface area contributed by atoms with Crippen LogP contribution < -0.4 is 5.73 Å². The van der Waals surface area contributed by atoms with E-state index < -0.39 is 0 Å². The van der Waals surface area contributed by atoms with E-state index in [1.165, 1.54) is 0 Å². The molecule has 0 amide bonds. The van der Waals surface area contributed by atoms with Gasteiger partial charge in [0.15, 0.2) is 0 Å². The molecule has 0 bridgehead atoms. The maximum Gasteiger partial charge on any atom is 0.146 e. The molecule has 0 saturated carbocycles. The van der Waals surface area contributed by atoms with Crippen LogP contribution in [-0.2, 0) is 6.54 Å². The highest BCUT2D eigenvalue weighted by molar-refractivity contribution is 6.30. The van der Waals surface area contributed by atoms with Crippen LogP contribution in [0.2, 0.25) is 5.02 Å². The summed E-state index contributed by atoms with van der Waals surface area (Å²) >= 11 is 5.78. The van der Waals surface area contributed by atoms with Gasteiger partial charge in [0.05, 0.1) is 5.02 Å². The lowest BCUT2D eigenvalue weighted by atomic mass is 10.1. The predicted octanol–water partition coefficient (Wildman–Crippen LogP) is 2.65. The van der Waals surface area contributed by atoms with E-state index in [0.29, 0.717) is 30.6 Å². The van der Waals surface area contributed by atoms with Crippen LogP contribution in [0.1, 0.15) is 18.9 Å². The van der Waals surface area contributed by atoms with Crippen molar-refractivity contribution in [3.8, 4) is 0 Å². The molecule has 1 aliphatic rings. The number of likely N-dealkylation sites (tertiary alicyclic amines) is 1. The molecule has 2 unspecified atom stereocenters. The van der Waals surface area contributed by atoms with Crippen molar-refractivity contribution in [1.29, 1.82) is 0 Å². The summed E-state index contributed by atoms with van der Waals surface area (Å²) in [6, 6.07) is 5.63. The number of rotatable bonds is 3. The zero-order valence-corrected chi connectivity index (χ0v) is 10.8. The van der Waals surface area contributed by atoms with Crippen molar-refractivity contribution in [2.75, 3.05) is 13.1 Å². The van der Waals surface area contributed by atoms with Gasteiger partial charge in [0, 0.05) is 24.7 Å². The zero-order chi connectivity index (χ0) is 12.4. The van der Waals surface area contributed by atoms with Crippen LogP contribution >= 0.6 is 11.6 Å². The minimum atomic E-state index is -0.294. The summed E-state index contributed by atoms with van der Waals surface area (Å²) in [5.74, 6) is 0.241. The molecular formula is C13H18ClFN2. The van der Waals surface area contributed by atoms with E-state index in [0.717, 1.165) is 13.0 Å². The largest absolute Gasteiger partial charge is 0.330 e. The Morgan fingerprint density at radius 1 is 1.53 bits per heavy atom. The number of nitrogens with zero attached hydrogens (tertiary/aromatic N) is 1. The standard InChI is InChI=1S/C13H18ClFN2/c1-9-5-10(6-16)7-17(9)8-11-3-2-4-12(14)13(11)15/h2-4,9-10H,5-8,16H2,1H3. The molecular weight excluding hydrogens is 239 g/mol. The predicted molar refractivity (Wildman–Crippen MR) is 68.4 cm³/mol. The monoisotopic (exact) mass is 256 g/mol. The average Bonchev–Trinajstić information content (AvgIpc) is 2.66. The summed E-state index contributed by atoms with van der Waals surface area (Å²) < 4.78 is 13.8. The second-order valence-electron chi connectivity index (χ2n) is 4.83. The molecule has 0 radical (unpaired) electrons. The van der Waals surface area contributed by atoms with Gasteiger partial charge in [-0.05, 0) is 31.9 Å². The van der Waals surface area contributed by atoms with Gasteiger partial charge in [-0.25, -0.2) is 4.39 Å². The molecule has 4 heteroatoms. The van der Waals surface area contributed by atoms with E-state index in [4.69, 9.17) is 17.3 Å². The lowest BCUT2D eigenvalue weighted by molar-refractivity contribution is 0.252. The first-order valence-electron chi connectivity index (χ1n) is 5.98. The van der Waals surface area contributed by atoms with Crippen LogP contribution in [0.3, 0.4) is 0 Å². The first-order valence-corrected chi connectivity index (χ1v) is 6.36. The lowest BCUT2D eigenvalue weighted by Gasteiger charge is -2.21. The topological polar surface area (TPSA) is 29.3 Å². The Labute approximate surface area is 107 Å². The summed E-state index contributed by atoms with van der Waals surface area (Å²) in [7, 11) is 0. The number of benzene rings is 1. The first-order chi connectivity index (χ1) is 8.11. The van der Waals surface area contributed by atoms with Crippen LogP contribution in [-0.4, -0.2) is 24.0 Å². The Morgan fingerprint density at radius 2 is 2.29 bits per heavy atom. The summed E-state index contributed by atoms with van der Waals surface area (Å²) in [5.41, 5.74) is 6.35. The van der Waals surface area contributed by atoms with Crippen LogP contribution in [0.5, 0.6) is 0 Å². The van der Waals surface area contributed by atoms with Gasteiger partial charge in [-0.15, -0.1) is 0 Å². The molecule has 0 aliphatic carbocycles. The molecule has 1 aromatic rings. The van der Waals surface area contributed by atoms with Crippen LogP contribution in [0.25, 0.3) is 0 Å². The molecule has 1 heterocycles. The van der Waals surface area contributed by atoms with Crippen LogP contribution in [0, 0.1) is 11.7 Å². The van der Waals surface area contributed by atoms with E-state index in [2.05, 4.69) is 11.8 Å². The van der Waals surface area contributed by atoms with Crippen molar-refractivity contribution in [2.24, 2.45) is 11.7 Å². The van der Waals surface area contributed by atoms with Gasteiger partial charge in [-0.3, -0.25) is 4.90 Å². The smallest absolute Gasteiger partial charge is 0.146 e. The Balaban J connectivity index is 2.08. The third kappa shape index (κ3) is 2.79. The van der Waals surface area contributed by atoms with Gasteiger partial charge < -0.3 is 5.73 Å². The summed E-state index contributed by atoms with van der Waals surface area (Å²) in [6.07, 6.45) is 1.10. The highest BCUT2D eigenvalue weighted by atomic mass is 35.5. The fourth-order valence-corrected chi connectivity index (χ4v) is 2.69. The Kier molecular flexibility index (Phi) is 4.02. The van der Waals surface area contributed by atoms with Crippen molar-refractivity contribution in [1.82, 2.24) is 4.90 Å². The lowest BCUT2D eigenvalue weighted by Crippen LogP contribution is -2.27. The second-order valence-corrected chi connectivity index (χ2v) is 5.24. The second kappa shape index (κ2) is 5.34. The van der Waals surface area contributed by atoms with Crippen molar-refractivity contribution in [2.45, 2.75) is 25.9 Å². The third-order valence-corrected chi connectivity index (χ3v) is 3.82. The molecule has 1 fully saturated rings. The zero-order valence-electron chi connectivity index (χ0n) is 10.00. The molecule has 1 saturated heterocycles. The minimum Gasteiger partial charge on any atom is -0.330 e. The Morgan fingerprint density at radius 3 is 2.94 bits per heavy atom. The molecule has 1 aromatic carbocycles.